The van der Waals surface area contributed by atoms with Crippen LogP contribution < -0.4 is 4.74 Å². The number of nitrogens with zero attached hydrogens (tertiary/aromatic N) is 4. The smallest absolute Gasteiger partial charge is 0.159 e. The predicted octanol–water partition coefficient (Wildman–Crippen LogP) is 2.98. The molecule has 14 heavy (non-hydrogen) atoms. The first kappa shape index (κ1) is 12.8. The number of aromatic nitrogens is 1. The van der Waals surface area contributed by atoms with Gasteiger partial charge in [0.2, 0.25) is 0 Å². The minimum atomic E-state index is 0. The standard InChI is InChI=1S/C7H7ClN4O.ClH/c1-13-7-5(8)2-3-10-6(7)4-11-12-9;/h2-3H,4H2,1H3;1H. The molecule has 0 radical (unpaired) electrons. The van der Waals surface area contributed by atoms with Crippen molar-refractivity contribution in [2.45, 2.75) is 6.54 Å². The van der Waals surface area contributed by atoms with Crippen LogP contribution in [-0.4, -0.2) is 12.1 Å². The van der Waals surface area contributed by atoms with Crippen molar-refractivity contribution in [1.82, 2.24) is 4.98 Å². The summed E-state index contributed by atoms with van der Waals surface area (Å²) in [5.74, 6) is 0.455. The maximum Gasteiger partial charge on any atom is 0.159 e. The molecule has 1 rings (SSSR count). The summed E-state index contributed by atoms with van der Waals surface area (Å²) in [6.07, 6.45) is 1.53. The Labute approximate surface area is 92.1 Å². The van der Waals surface area contributed by atoms with Crippen LogP contribution in [0.3, 0.4) is 0 Å². The molecule has 1 aromatic rings. The summed E-state index contributed by atoms with van der Waals surface area (Å²) in [5, 5.41) is 3.83. The van der Waals surface area contributed by atoms with Gasteiger partial charge >= 0.3 is 0 Å². The van der Waals surface area contributed by atoms with Gasteiger partial charge < -0.3 is 4.74 Å². The van der Waals surface area contributed by atoms with Crippen LogP contribution in [0.15, 0.2) is 17.4 Å². The molecular formula is C7H8Cl2N4O. The van der Waals surface area contributed by atoms with Crippen LogP contribution in [0.25, 0.3) is 10.4 Å². The Morgan fingerprint density at radius 2 is 2.43 bits per heavy atom. The van der Waals surface area contributed by atoms with Crippen LogP contribution in [0.2, 0.25) is 5.02 Å². The van der Waals surface area contributed by atoms with Crippen LogP contribution in [0.1, 0.15) is 5.69 Å². The minimum Gasteiger partial charge on any atom is -0.493 e. The molecule has 0 aliphatic rings. The van der Waals surface area contributed by atoms with E-state index in [1.165, 1.54) is 13.3 Å². The average molecular weight is 235 g/mol. The molecule has 0 N–H and O–H groups in total. The molecule has 0 saturated heterocycles. The van der Waals surface area contributed by atoms with E-state index in [2.05, 4.69) is 15.0 Å². The second-order valence-corrected chi connectivity index (χ2v) is 2.57. The highest BCUT2D eigenvalue weighted by atomic mass is 35.5. The van der Waals surface area contributed by atoms with Gasteiger partial charge in [-0.15, -0.1) is 12.4 Å². The van der Waals surface area contributed by atoms with Crippen molar-refractivity contribution in [3.63, 3.8) is 0 Å². The maximum atomic E-state index is 8.12. The summed E-state index contributed by atoms with van der Waals surface area (Å²) in [4.78, 5) is 6.60. The van der Waals surface area contributed by atoms with E-state index < -0.39 is 0 Å². The van der Waals surface area contributed by atoms with E-state index in [9.17, 15) is 0 Å². The van der Waals surface area contributed by atoms with E-state index in [4.69, 9.17) is 21.9 Å². The summed E-state index contributed by atoms with van der Waals surface area (Å²) >= 11 is 5.81. The third-order valence-electron chi connectivity index (χ3n) is 1.42. The number of methoxy groups -OCH3 is 1. The monoisotopic (exact) mass is 234 g/mol. The summed E-state index contributed by atoms with van der Waals surface area (Å²) in [6.45, 7) is 0.139. The second-order valence-electron chi connectivity index (χ2n) is 2.16. The highest BCUT2D eigenvalue weighted by Gasteiger charge is 2.06. The number of ether oxygens (including phenoxy) is 1. The molecule has 0 bridgehead atoms. The first-order valence-corrected chi connectivity index (χ1v) is 3.85. The van der Waals surface area contributed by atoms with E-state index in [-0.39, 0.29) is 19.0 Å². The van der Waals surface area contributed by atoms with Gasteiger partial charge in [0.15, 0.2) is 5.75 Å². The lowest BCUT2D eigenvalue weighted by Gasteiger charge is -2.05. The summed E-state index contributed by atoms with van der Waals surface area (Å²) in [7, 11) is 1.49. The molecule has 0 spiro atoms. The molecule has 5 nitrogen and oxygen atoms in total. The normalized spacial score (nSPS) is 8.43. The molecule has 0 amide bonds. The molecule has 0 atom stereocenters. The second kappa shape index (κ2) is 6.32. The zero-order valence-corrected chi connectivity index (χ0v) is 8.92. The summed E-state index contributed by atoms with van der Waals surface area (Å²) in [6, 6.07) is 1.61. The van der Waals surface area contributed by atoms with Gasteiger partial charge in [-0.3, -0.25) is 4.98 Å². The van der Waals surface area contributed by atoms with Gasteiger partial charge in [0, 0.05) is 11.1 Å². The fourth-order valence-electron chi connectivity index (χ4n) is 0.891. The Morgan fingerprint density at radius 3 is 3.00 bits per heavy atom. The Balaban J connectivity index is 0.00000169. The number of azide groups is 1. The lowest BCUT2D eigenvalue weighted by molar-refractivity contribution is 0.407. The van der Waals surface area contributed by atoms with E-state index in [0.29, 0.717) is 16.5 Å². The minimum absolute atomic E-state index is 0. The van der Waals surface area contributed by atoms with Crippen LogP contribution in [0.4, 0.5) is 0 Å². The molecule has 0 aliphatic heterocycles. The van der Waals surface area contributed by atoms with Crippen molar-refractivity contribution in [1.29, 1.82) is 0 Å². The van der Waals surface area contributed by atoms with Gasteiger partial charge in [-0.05, 0) is 11.6 Å². The van der Waals surface area contributed by atoms with E-state index >= 15 is 0 Å². The first-order valence-electron chi connectivity index (χ1n) is 3.47. The predicted molar refractivity (Wildman–Crippen MR) is 55.9 cm³/mol. The first-order chi connectivity index (χ1) is 6.29. The third kappa shape index (κ3) is 2.96. The largest absolute Gasteiger partial charge is 0.493 e. The van der Waals surface area contributed by atoms with Crippen molar-refractivity contribution < 1.29 is 4.74 Å². The zero-order valence-electron chi connectivity index (χ0n) is 7.35. The molecular weight excluding hydrogens is 227 g/mol. The zero-order chi connectivity index (χ0) is 9.68. The molecule has 0 unspecified atom stereocenters. The van der Waals surface area contributed by atoms with Crippen molar-refractivity contribution in [3.8, 4) is 5.75 Å². The Bertz CT molecular complexity index is 352. The van der Waals surface area contributed by atoms with Gasteiger partial charge in [0.05, 0.1) is 24.4 Å². The van der Waals surface area contributed by atoms with Crippen molar-refractivity contribution in [2.75, 3.05) is 7.11 Å². The average Bonchev–Trinajstić information content (AvgIpc) is 2.15. The number of pyridine rings is 1. The van der Waals surface area contributed by atoms with Gasteiger partial charge in [-0.2, -0.15) is 0 Å². The van der Waals surface area contributed by atoms with Gasteiger partial charge in [0.1, 0.15) is 0 Å². The summed E-state index contributed by atoms with van der Waals surface area (Å²) < 4.78 is 5.00. The Kier molecular flexibility index (Phi) is 5.79. The fourth-order valence-corrected chi connectivity index (χ4v) is 1.13. The third-order valence-corrected chi connectivity index (χ3v) is 1.72. The number of hydrogen-bond donors (Lipinski definition) is 0. The number of rotatable bonds is 3. The quantitative estimate of drug-likeness (QED) is 0.459. The van der Waals surface area contributed by atoms with Crippen molar-refractivity contribution in [2.24, 2.45) is 5.11 Å². The highest BCUT2D eigenvalue weighted by molar-refractivity contribution is 6.32. The fraction of sp³-hybridized carbons (Fsp3) is 0.286. The van der Waals surface area contributed by atoms with E-state index in [0.717, 1.165) is 0 Å². The number of hydrogen-bond acceptors (Lipinski definition) is 3. The van der Waals surface area contributed by atoms with Crippen LogP contribution >= 0.6 is 24.0 Å². The van der Waals surface area contributed by atoms with Gasteiger partial charge in [0.25, 0.3) is 0 Å². The SMILES string of the molecule is COc1c(Cl)ccnc1CN=[N+]=[N-].Cl. The lowest BCUT2D eigenvalue weighted by Crippen LogP contribution is -1.94. The molecule has 0 fully saturated rings. The van der Waals surface area contributed by atoms with Gasteiger partial charge in [-0.1, -0.05) is 16.7 Å². The lowest BCUT2D eigenvalue weighted by atomic mass is 10.3. The van der Waals surface area contributed by atoms with Crippen molar-refractivity contribution in [3.05, 3.63) is 33.4 Å². The highest BCUT2D eigenvalue weighted by Crippen LogP contribution is 2.26. The molecule has 0 aliphatic carbocycles. The molecule has 7 heteroatoms. The number of halogens is 2. The Morgan fingerprint density at radius 1 is 1.71 bits per heavy atom. The van der Waals surface area contributed by atoms with Crippen LogP contribution in [0.5, 0.6) is 5.75 Å². The molecule has 1 heterocycles. The van der Waals surface area contributed by atoms with Crippen LogP contribution in [0, 0.1) is 0 Å². The van der Waals surface area contributed by atoms with E-state index in [1.54, 1.807) is 6.07 Å². The van der Waals surface area contributed by atoms with Gasteiger partial charge in [-0.25, -0.2) is 0 Å². The molecule has 0 aromatic carbocycles. The topological polar surface area (TPSA) is 70.9 Å². The molecule has 76 valence electrons. The van der Waals surface area contributed by atoms with E-state index in [1.807, 2.05) is 0 Å². The molecule has 0 saturated carbocycles. The van der Waals surface area contributed by atoms with Crippen molar-refractivity contribution >= 4 is 24.0 Å². The van der Waals surface area contributed by atoms with Crippen LogP contribution in [-0.2, 0) is 6.54 Å². The summed E-state index contributed by atoms with van der Waals surface area (Å²) in [5.41, 5.74) is 8.65. The molecule has 1 aromatic heterocycles. The maximum absolute atomic E-state index is 8.12. The Hall–Kier alpha value is -1.16.